The fourth-order valence-corrected chi connectivity index (χ4v) is 2.32. The summed E-state index contributed by atoms with van der Waals surface area (Å²) >= 11 is 0. The molecule has 0 saturated heterocycles. The zero-order valence-corrected chi connectivity index (χ0v) is 10.6. The van der Waals surface area contributed by atoms with Gasteiger partial charge in [0.05, 0.1) is 25.5 Å². The maximum absolute atomic E-state index is 11.8. The normalized spacial score (nSPS) is 12.2. The molecule has 8 heteroatoms. The number of nitrogens with zero attached hydrogens (tertiary/aromatic N) is 1. The second-order valence-corrected chi connectivity index (χ2v) is 5.40. The van der Waals surface area contributed by atoms with Crippen LogP contribution in [-0.2, 0) is 21.4 Å². The number of nitrogens with one attached hydrogen (secondary N) is 2. The Bertz CT molecular complexity index is 441. The van der Waals surface area contributed by atoms with Crippen molar-refractivity contribution in [1.82, 2.24) is 14.9 Å². The molecular weight excluding hydrogens is 246 g/mol. The molecule has 0 atom stereocenters. The average molecular weight is 263 g/mol. The van der Waals surface area contributed by atoms with Crippen LogP contribution in [0.4, 0.5) is 0 Å². The molecule has 0 unspecified atom stereocenters. The van der Waals surface area contributed by atoms with Crippen LogP contribution in [-0.4, -0.2) is 43.0 Å². The lowest BCUT2D eigenvalue weighted by Gasteiger charge is -2.08. The van der Waals surface area contributed by atoms with Gasteiger partial charge in [-0.15, -0.1) is 0 Å². The minimum atomic E-state index is -3.67. The molecule has 0 saturated carbocycles. The van der Waals surface area contributed by atoms with E-state index >= 15 is 0 Å². The first-order valence-corrected chi connectivity index (χ1v) is 6.70. The highest BCUT2D eigenvalue weighted by Crippen LogP contribution is 2.10. The Morgan fingerprint density at radius 1 is 1.59 bits per heavy atom. The second kappa shape index (κ2) is 6.10. The van der Waals surface area contributed by atoms with Crippen LogP contribution in [0.5, 0.6) is 0 Å². The van der Waals surface area contributed by atoms with Gasteiger partial charge in [0.2, 0.25) is 0 Å². The summed E-state index contributed by atoms with van der Waals surface area (Å²) in [4.78, 5) is 0. The molecule has 1 aromatic rings. The van der Waals surface area contributed by atoms with Gasteiger partial charge in [-0.05, 0) is 13.8 Å². The number of sulfonamides is 1. The highest BCUT2D eigenvalue weighted by atomic mass is 32.2. The Morgan fingerprint density at radius 2 is 2.29 bits per heavy atom. The number of hydrogen-bond acceptors (Lipinski definition) is 5. The van der Waals surface area contributed by atoms with Crippen molar-refractivity contribution in [2.45, 2.75) is 31.6 Å². The quantitative estimate of drug-likeness (QED) is 0.581. The first-order chi connectivity index (χ1) is 7.97. The van der Waals surface area contributed by atoms with Crippen LogP contribution in [0.3, 0.4) is 0 Å². The van der Waals surface area contributed by atoms with Crippen molar-refractivity contribution >= 4 is 10.0 Å². The van der Waals surface area contributed by atoms with Crippen LogP contribution in [0.2, 0.25) is 0 Å². The van der Waals surface area contributed by atoms with E-state index in [1.807, 2.05) is 13.8 Å². The molecule has 0 amide bonds. The summed E-state index contributed by atoms with van der Waals surface area (Å²) < 4.78 is 31.1. The molecule has 1 aromatic heterocycles. The Morgan fingerprint density at radius 3 is 2.88 bits per heavy atom. The molecule has 0 bridgehead atoms. The van der Waals surface area contributed by atoms with Crippen molar-refractivity contribution in [2.24, 2.45) is 0 Å². The van der Waals surface area contributed by atoms with E-state index in [9.17, 15) is 8.42 Å². The Hall–Kier alpha value is -0.960. The van der Waals surface area contributed by atoms with Gasteiger partial charge in [0.1, 0.15) is 0 Å². The maximum atomic E-state index is 11.8. The van der Waals surface area contributed by atoms with Crippen molar-refractivity contribution in [3.8, 4) is 0 Å². The maximum Gasteiger partial charge on any atom is 0.257 e. The molecular formula is C9H17N3O4S. The largest absolute Gasteiger partial charge is 0.392 e. The van der Waals surface area contributed by atoms with Gasteiger partial charge in [-0.25, -0.2) is 13.1 Å². The topological polar surface area (TPSA) is 104 Å². The zero-order chi connectivity index (χ0) is 12.9. The van der Waals surface area contributed by atoms with E-state index < -0.39 is 10.0 Å². The van der Waals surface area contributed by atoms with Crippen LogP contribution in [0.25, 0.3) is 0 Å². The fraction of sp³-hybridized carbons (Fsp3) is 0.667. The van der Waals surface area contributed by atoms with Gasteiger partial charge >= 0.3 is 0 Å². The lowest BCUT2D eigenvalue weighted by atomic mass is 10.4. The third kappa shape index (κ3) is 4.08. The van der Waals surface area contributed by atoms with Crippen molar-refractivity contribution in [1.29, 1.82) is 0 Å². The number of H-pyrrole nitrogens is 1. The van der Waals surface area contributed by atoms with Gasteiger partial charge in [0, 0.05) is 12.1 Å². The Kier molecular flexibility index (Phi) is 5.06. The molecule has 0 aliphatic heterocycles. The van der Waals surface area contributed by atoms with Crippen molar-refractivity contribution in [3.63, 3.8) is 0 Å². The van der Waals surface area contributed by atoms with Gasteiger partial charge in [-0.3, -0.25) is 5.10 Å². The molecule has 1 heterocycles. The third-order valence-electron chi connectivity index (χ3n) is 1.96. The van der Waals surface area contributed by atoms with Gasteiger partial charge in [0.25, 0.3) is 10.0 Å². The van der Waals surface area contributed by atoms with Gasteiger partial charge < -0.3 is 9.84 Å². The van der Waals surface area contributed by atoms with Crippen molar-refractivity contribution in [2.75, 3.05) is 13.2 Å². The number of ether oxygens (including phenoxy) is 1. The zero-order valence-electron chi connectivity index (χ0n) is 9.80. The minimum absolute atomic E-state index is 0.0552. The number of aromatic nitrogens is 2. The number of rotatable bonds is 7. The molecule has 0 aliphatic carbocycles. The molecule has 0 spiro atoms. The highest BCUT2D eigenvalue weighted by Gasteiger charge is 2.19. The van der Waals surface area contributed by atoms with Crippen molar-refractivity contribution < 1.29 is 18.3 Å². The first kappa shape index (κ1) is 14.1. The summed E-state index contributed by atoms with van der Waals surface area (Å²) in [6.45, 7) is 3.82. The lowest BCUT2D eigenvalue weighted by Crippen LogP contribution is -2.29. The number of aliphatic hydroxyl groups excluding tert-OH is 1. The summed E-state index contributed by atoms with van der Waals surface area (Å²) in [6.07, 6.45) is 1.33. The van der Waals surface area contributed by atoms with E-state index in [2.05, 4.69) is 14.9 Å². The van der Waals surface area contributed by atoms with E-state index in [1.165, 1.54) is 6.20 Å². The molecule has 0 radical (unpaired) electrons. The number of hydrogen-bond donors (Lipinski definition) is 3. The SMILES string of the molecule is CC(C)OCCNS(=O)(=O)c1[nH]ncc1CO. The Labute approximate surface area is 100 Å². The minimum Gasteiger partial charge on any atom is -0.392 e. The van der Waals surface area contributed by atoms with Crippen molar-refractivity contribution in [3.05, 3.63) is 11.8 Å². The smallest absolute Gasteiger partial charge is 0.257 e. The predicted molar refractivity (Wildman–Crippen MR) is 60.8 cm³/mol. The fourth-order valence-electron chi connectivity index (χ4n) is 1.19. The Balaban J connectivity index is 2.57. The van der Waals surface area contributed by atoms with Crippen LogP contribution in [0.15, 0.2) is 11.2 Å². The van der Waals surface area contributed by atoms with Gasteiger partial charge in [-0.1, -0.05) is 0 Å². The molecule has 98 valence electrons. The van der Waals surface area contributed by atoms with Crippen LogP contribution >= 0.6 is 0 Å². The highest BCUT2D eigenvalue weighted by molar-refractivity contribution is 7.89. The van der Waals surface area contributed by atoms with Crippen LogP contribution < -0.4 is 4.72 Å². The average Bonchev–Trinajstić information content (AvgIpc) is 2.73. The second-order valence-electron chi connectivity index (χ2n) is 3.70. The van der Waals surface area contributed by atoms with Gasteiger partial charge in [0.15, 0.2) is 5.03 Å². The molecule has 3 N–H and O–H groups in total. The third-order valence-corrected chi connectivity index (χ3v) is 3.44. The standard InChI is InChI=1S/C9H17N3O4S/c1-7(2)16-4-3-11-17(14,15)9-8(6-13)5-10-12-9/h5,7,11,13H,3-4,6H2,1-2H3,(H,10,12). The van der Waals surface area contributed by atoms with E-state index in [4.69, 9.17) is 9.84 Å². The van der Waals surface area contributed by atoms with E-state index in [1.54, 1.807) is 0 Å². The van der Waals surface area contributed by atoms with Gasteiger partial charge in [-0.2, -0.15) is 5.10 Å². The summed E-state index contributed by atoms with van der Waals surface area (Å²) in [5.74, 6) is 0. The number of aromatic amines is 1. The molecule has 17 heavy (non-hydrogen) atoms. The number of aliphatic hydroxyl groups is 1. The van der Waals surface area contributed by atoms with E-state index in [0.29, 0.717) is 6.61 Å². The lowest BCUT2D eigenvalue weighted by molar-refractivity contribution is 0.0833. The molecule has 0 aromatic carbocycles. The van der Waals surface area contributed by atoms with Crippen LogP contribution in [0.1, 0.15) is 19.4 Å². The summed E-state index contributed by atoms with van der Waals surface area (Å²) in [6, 6.07) is 0. The summed E-state index contributed by atoms with van der Waals surface area (Å²) in [7, 11) is -3.67. The molecule has 1 rings (SSSR count). The van der Waals surface area contributed by atoms with E-state index in [-0.39, 0.29) is 29.8 Å². The van der Waals surface area contributed by atoms with E-state index in [0.717, 1.165) is 0 Å². The van der Waals surface area contributed by atoms with Crippen LogP contribution in [0, 0.1) is 0 Å². The summed E-state index contributed by atoms with van der Waals surface area (Å²) in [5.41, 5.74) is 0.238. The monoisotopic (exact) mass is 263 g/mol. The summed E-state index contributed by atoms with van der Waals surface area (Å²) in [5, 5.41) is 14.8. The molecule has 7 nitrogen and oxygen atoms in total. The molecule has 0 fully saturated rings. The predicted octanol–water partition coefficient (Wildman–Crippen LogP) is -0.395. The molecule has 0 aliphatic rings. The first-order valence-electron chi connectivity index (χ1n) is 5.21.